The fourth-order valence-corrected chi connectivity index (χ4v) is 1.85. The molecule has 3 nitrogen and oxygen atoms in total. The van der Waals surface area contributed by atoms with Crippen LogP contribution in [0.2, 0.25) is 0 Å². The maximum Gasteiger partial charge on any atom is 0.227 e. The lowest BCUT2D eigenvalue weighted by Gasteiger charge is -2.17. The summed E-state index contributed by atoms with van der Waals surface area (Å²) in [5.74, 6) is -0.333. The van der Waals surface area contributed by atoms with E-state index in [2.05, 4.69) is 21.2 Å². The van der Waals surface area contributed by atoms with E-state index in [0.29, 0.717) is 0 Å². The van der Waals surface area contributed by atoms with Crippen LogP contribution in [0.5, 0.6) is 0 Å². The van der Waals surface area contributed by atoms with Gasteiger partial charge in [-0.05, 0) is 31.0 Å². The zero-order valence-electron chi connectivity index (χ0n) is 10.00. The standard InChI is InChI=1S/C13H16BrNO2/c1-3-12(15-13(17)8-9(2)16)10-4-6-11(14)7-5-10/h4-7,12H,3,8H2,1-2H3,(H,15,17). The summed E-state index contributed by atoms with van der Waals surface area (Å²) >= 11 is 3.37. The molecule has 17 heavy (non-hydrogen) atoms. The maximum atomic E-state index is 11.5. The first-order valence-electron chi connectivity index (χ1n) is 5.57. The highest BCUT2D eigenvalue weighted by Crippen LogP contribution is 2.19. The zero-order valence-corrected chi connectivity index (χ0v) is 11.6. The number of carbonyl (C=O) groups is 2. The van der Waals surface area contributed by atoms with Gasteiger partial charge >= 0.3 is 0 Å². The zero-order chi connectivity index (χ0) is 12.8. The first-order chi connectivity index (χ1) is 8.02. The molecule has 0 bridgehead atoms. The fraction of sp³-hybridized carbons (Fsp3) is 0.385. The SMILES string of the molecule is CCC(NC(=O)CC(C)=O)c1ccc(Br)cc1. The van der Waals surface area contributed by atoms with Crippen molar-refractivity contribution in [2.24, 2.45) is 0 Å². The highest BCUT2D eigenvalue weighted by Gasteiger charge is 2.13. The van der Waals surface area contributed by atoms with Gasteiger partial charge in [-0.15, -0.1) is 0 Å². The van der Waals surface area contributed by atoms with Gasteiger partial charge in [0.05, 0.1) is 12.5 Å². The van der Waals surface area contributed by atoms with Crippen LogP contribution in [-0.4, -0.2) is 11.7 Å². The van der Waals surface area contributed by atoms with Crippen molar-refractivity contribution in [3.05, 3.63) is 34.3 Å². The lowest BCUT2D eigenvalue weighted by Crippen LogP contribution is -2.29. The van der Waals surface area contributed by atoms with Gasteiger partial charge in [0.25, 0.3) is 0 Å². The second kappa shape index (κ2) is 6.55. The van der Waals surface area contributed by atoms with Crippen LogP contribution in [0.25, 0.3) is 0 Å². The normalized spacial score (nSPS) is 11.9. The maximum absolute atomic E-state index is 11.5. The van der Waals surface area contributed by atoms with E-state index in [1.807, 2.05) is 31.2 Å². The molecule has 0 radical (unpaired) electrons. The molecular formula is C13H16BrNO2. The number of rotatable bonds is 5. The molecular weight excluding hydrogens is 282 g/mol. The second-order valence-electron chi connectivity index (χ2n) is 3.96. The average molecular weight is 298 g/mol. The van der Waals surface area contributed by atoms with Crippen LogP contribution in [0, 0.1) is 0 Å². The molecule has 0 fully saturated rings. The summed E-state index contributed by atoms with van der Waals surface area (Å²) in [6.45, 7) is 3.42. The lowest BCUT2D eigenvalue weighted by molar-refractivity contribution is -0.127. The molecule has 0 aromatic heterocycles. The molecule has 0 aliphatic rings. The molecule has 0 aliphatic heterocycles. The molecule has 1 aromatic carbocycles. The first kappa shape index (κ1) is 13.9. The summed E-state index contributed by atoms with van der Waals surface area (Å²) in [4.78, 5) is 22.4. The summed E-state index contributed by atoms with van der Waals surface area (Å²) < 4.78 is 1.01. The molecule has 1 amide bonds. The third-order valence-corrected chi connectivity index (χ3v) is 2.95. The largest absolute Gasteiger partial charge is 0.349 e. The van der Waals surface area contributed by atoms with Crippen LogP contribution in [0.4, 0.5) is 0 Å². The molecule has 0 aliphatic carbocycles. The number of hydrogen-bond donors (Lipinski definition) is 1. The van der Waals surface area contributed by atoms with Gasteiger partial charge in [-0.25, -0.2) is 0 Å². The Labute approximate surface area is 110 Å². The number of nitrogens with one attached hydrogen (secondary N) is 1. The minimum Gasteiger partial charge on any atom is -0.349 e. The van der Waals surface area contributed by atoms with Crippen LogP contribution >= 0.6 is 15.9 Å². The number of Topliss-reactive ketones (excluding diaryl/α,β-unsaturated/α-hetero) is 1. The Morgan fingerprint density at radius 3 is 2.35 bits per heavy atom. The number of amides is 1. The predicted octanol–water partition coefficient (Wildman–Crippen LogP) is 3.00. The van der Waals surface area contributed by atoms with Gasteiger partial charge < -0.3 is 5.32 Å². The predicted molar refractivity (Wildman–Crippen MR) is 70.6 cm³/mol. The number of hydrogen-bond acceptors (Lipinski definition) is 2. The summed E-state index contributed by atoms with van der Waals surface area (Å²) in [6, 6.07) is 7.78. The van der Waals surface area contributed by atoms with Gasteiger partial charge in [0.1, 0.15) is 5.78 Å². The lowest BCUT2D eigenvalue weighted by atomic mass is 10.0. The summed E-state index contributed by atoms with van der Waals surface area (Å²) in [6.07, 6.45) is 0.748. The van der Waals surface area contributed by atoms with E-state index in [9.17, 15) is 9.59 Å². The Bertz CT molecular complexity index is 400. The fourth-order valence-electron chi connectivity index (χ4n) is 1.59. The average Bonchev–Trinajstić information content (AvgIpc) is 2.26. The Morgan fingerprint density at radius 1 is 1.29 bits per heavy atom. The topological polar surface area (TPSA) is 46.2 Å². The van der Waals surface area contributed by atoms with Crippen molar-refractivity contribution in [3.8, 4) is 0 Å². The molecule has 0 saturated carbocycles. The molecule has 1 atom stereocenters. The van der Waals surface area contributed by atoms with E-state index in [4.69, 9.17) is 0 Å². The van der Waals surface area contributed by atoms with Gasteiger partial charge in [-0.3, -0.25) is 9.59 Å². The highest BCUT2D eigenvalue weighted by atomic mass is 79.9. The first-order valence-corrected chi connectivity index (χ1v) is 6.36. The molecule has 1 N–H and O–H groups in total. The summed E-state index contributed by atoms with van der Waals surface area (Å²) in [7, 11) is 0. The van der Waals surface area contributed by atoms with E-state index in [0.717, 1.165) is 16.5 Å². The molecule has 1 rings (SSSR count). The third-order valence-electron chi connectivity index (χ3n) is 2.43. The summed E-state index contributed by atoms with van der Waals surface area (Å²) in [5.41, 5.74) is 1.05. The van der Waals surface area contributed by atoms with Crippen LogP contribution < -0.4 is 5.32 Å². The van der Waals surface area contributed by atoms with Crippen molar-refractivity contribution in [2.45, 2.75) is 32.7 Å². The minimum atomic E-state index is -0.215. The Morgan fingerprint density at radius 2 is 1.88 bits per heavy atom. The van der Waals surface area contributed by atoms with Gasteiger partial charge in [-0.2, -0.15) is 0 Å². The van der Waals surface area contributed by atoms with Crippen LogP contribution in [-0.2, 0) is 9.59 Å². The smallest absolute Gasteiger partial charge is 0.227 e. The van der Waals surface area contributed by atoms with Crippen molar-refractivity contribution in [1.82, 2.24) is 5.32 Å². The number of halogens is 1. The Kier molecular flexibility index (Phi) is 5.35. The van der Waals surface area contributed by atoms with Crippen molar-refractivity contribution >= 4 is 27.6 Å². The van der Waals surface area contributed by atoms with E-state index < -0.39 is 0 Å². The Balaban J connectivity index is 2.68. The molecule has 92 valence electrons. The number of ketones is 1. The van der Waals surface area contributed by atoms with Gasteiger partial charge in [0, 0.05) is 4.47 Å². The molecule has 0 saturated heterocycles. The van der Waals surface area contributed by atoms with E-state index in [1.165, 1.54) is 6.92 Å². The van der Waals surface area contributed by atoms with Gasteiger partial charge in [0.15, 0.2) is 0 Å². The highest BCUT2D eigenvalue weighted by molar-refractivity contribution is 9.10. The molecule has 0 heterocycles. The van der Waals surface area contributed by atoms with Gasteiger partial charge in [0.2, 0.25) is 5.91 Å². The van der Waals surface area contributed by atoms with E-state index >= 15 is 0 Å². The summed E-state index contributed by atoms with van der Waals surface area (Å²) in [5, 5.41) is 2.86. The molecule has 1 unspecified atom stereocenters. The second-order valence-corrected chi connectivity index (χ2v) is 4.87. The quantitative estimate of drug-likeness (QED) is 0.849. The van der Waals surface area contributed by atoms with Crippen molar-refractivity contribution in [2.75, 3.05) is 0 Å². The number of carbonyl (C=O) groups excluding carboxylic acids is 2. The minimum absolute atomic E-state index is 0.0325. The molecule has 0 spiro atoms. The van der Waals surface area contributed by atoms with Gasteiger partial charge in [-0.1, -0.05) is 35.0 Å². The van der Waals surface area contributed by atoms with Crippen LogP contribution in [0.3, 0.4) is 0 Å². The third kappa shape index (κ3) is 4.69. The van der Waals surface area contributed by atoms with Crippen molar-refractivity contribution in [1.29, 1.82) is 0 Å². The van der Waals surface area contributed by atoms with Crippen LogP contribution in [0.1, 0.15) is 38.3 Å². The Hall–Kier alpha value is -1.16. The van der Waals surface area contributed by atoms with Crippen molar-refractivity contribution in [3.63, 3.8) is 0 Å². The van der Waals surface area contributed by atoms with E-state index in [1.54, 1.807) is 0 Å². The van der Waals surface area contributed by atoms with E-state index in [-0.39, 0.29) is 24.2 Å². The molecule has 4 heteroatoms. The van der Waals surface area contributed by atoms with Crippen LogP contribution in [0.15, 0.2) is 28.7 Å². The monoisotopic (exact) mass is 297 g/mol. The van der Waals surface area contributed by atoms with Crippen molar-refractivity contribution < 1.29 is 9.59 Å². The number of benzene rings is 1. The molecule has 1 aromatic rings.